The summed E-state index contributed by atoms with van der Waals surface area (Å²) >= 11 is 0. The van der Waals surface area contributed by atoms with Gasteiger partial charge in [0.2, 0.25) is 10.0 Å². The highest BCUT2D eigenvalue weighted by Crippen LogP contribution is 2.16. The minimum absolute atomic E-state index is 0.116. The Morgan fingerprint density at radius 1 is 1.33 bits per heavy atom. The molecule has 0 aromatic rings. The van der Waals surface area contributed by atoms with Crippen LogP contribution in [-0.4, -0.2) is 58.3 Å². The molecule has 0 aromatic heterocycles. The maximum absolute atomic E-state index is 11.9. The molecule has 1 heterocycles. The molecular formula is C12H27N3O2S. The number of nitrogens with one attached hydrogen (secondary N) is 2. The van der Waals surface area contributed by atoms with Gasteiger partial charge in [0.15, 0.2) is 0 Å². The van der Waals surface area contributed by atoms with Crippen molar-refractivity contribution in [3.8, 4) is 0 Å². The molecule has 18 heavy (non-hydrogen) atoms. The van der Waals surface area contributed by atoms with Crippen LogP contribution in [0.5, 0.6) is 0 Å². The second-order valence-electron chi connectivity index (χ2n) is 5.30. The highest BCUT2D eigenvalue weighted by molar-refractivity contribution is 7.89. The number of hydrogen-bond acceptors (Lipinski definition) is 4. The van der Waals surface area contributed by atoms with Crippen molar-refractivity contribution in [2.45, 2.75) is 44.7 Å². The molecule has 6 heteroatoms. The van der Waals surface area contributed by atoms with Gasteiger partial charge in [-0.05, 0) is 59.8 Å². The number of nitrogens with zero attached hydrogens (tertiary/aromatic N) is 1. The maximum Gasteiger partial charge on any atom is 0.211 e. The van der Waals surface area contributed by atoms with E-state index in [4.69, 9.17) is 0 Å². The van der Waals surface area contributed by atoms with Gasteiger partial charge in [0.25, 0.3) is 0 Å². The van der Waals surface area contributed by atoms with E-state index < -0.39 is 10.0 Å². The third-order valence-corrected chi connectivity index (χ3v) is 5.16. The minimum Gasteiger partial charge on any atom is -0.320 e. The van der Waals surface area contributed by atoms with Crippen molar-refractivity contribution in [2.75, 3.05) is 32.9 Å². The van der Waals surface area contributed by atoms with Crippen molar-refractivity contribution in [3.63, 3.8) is 0 Å². The van der Waals surface area contributed by atoms with Crippen LogP contribution in [0, 0.1) is 0 Å². The van der Waals surface area contributed by atoms with Gasteiger partial charge < -0.3 is 10.2 Å². The number of sulfonamides is 1. The normalized spacial score (nSPS) is 26.4. The highest BCUT2D eigenvalue weighted by atomic mass is 32.2. The van der Waals surface area contributed by atoms with Gasteiger partial charge >= 0.3 is 0 Å². The van der Waals surface area contributed by atoms with Gasteiger partial charge in [-0.2, -0.15) is 0 Å². The van der Waals surface area contributed by atoms with Crippen LogP contribution in [0.3, 0.4) is 0 Å². The first-order valence-corrected chi connectivity index (χ1v) is 8.44. The largest absolute Gasteiger partial charge is 0.320 e. The zero-order valence-electron chi connectivity index (χ0n) is 11.8. The van der Waals surface area contributed by atoms with Gasteiger partial charge in [0.1, 0.15) is 0 Å². The van der Waals surface area contributed by atoms with Gasteiger partial charge in [0.05, 0.1) is 5.75 Å². The molecule has 0 aliphatic carbocycles. The smallest absolute Gasteiger partial charge is 0.211 e. The van der Waals surface area contributed by atoms with E-state index in [2.05, 4.69) is 28.9 Å². The van der Waals surface area contributed by atoms with E-state index in [1.54, 1.807) is 0 Å². The van der Waals surface area contributed by atoms with Crippen LogP contribution in [0.2, 0.25) is 0 Å². The zero-order valence-corrected chi connectivity index (χ0v) is 12.6. The predicted molar refractivity (Wildman–Crippen MR) is 75.2 cm³/mol. The summed E-state index contributed by atoms with van der Waals surface area (Å²) in [6.07, 6.45) is 3.45. The number of rotatable bonds is 7. The van der Waals surface area contributed by atoms with Crippen molar-refractivity contribution in [2.24, 2.45) is 0 Å². The summed E-state index contributed by atoms with van der Waals surface area (Å²) < 4.78 is 26.7. The third-order valence-electron chi connectivity index (χ3n) is 3.64. The summed E-state index contributed by atoms with van der Waals surface area (Å²) in [6.45, 7) is 3.99. The molecular weight excluding hydrogens is 250 g/mol. The molecule has 1 aliphatic rings. The first-order chi connectivity index (χ1) is 8.44. The van der Waals surface area contributed by atoms with Crippen molar-refractivity contribution in [1.29, 1.82) is 0 Å². The zero-order chi connectivity index (χ0) is 13.6. The lowest BCUT2D eigenvalue weighted by molar-refractivity contribution is 0.178. The summed E-state index contributed by atoms with van der Waals surface area (Å²) in [7, 11) is 0.873. The second kappa shape index (κ2) is 7.43. The summed E-state index contributed by atoms with van der Waals surface area (Å²) in [5, 5.41) is 3.03. The molecule has 1 aliphatic heterocycles. The average molecular weight is 277 g/mol. The molecule has 0 saturated carbocycles. The average Bonchev–Trinajstić information content (AvgIpc) is 2.29. The topological polar surface area (TPSA) is 61.4 Å². The number of hydrogen-bond donors (Lipinski definition) is 2. The second-order valence-corrected chi connectivity index (χ2v) is 7.17. The maximum atomic E-state index is 11.9. The Labute approximate surface area is 111 Å². The Bertz CT molecular complexity index is 332. The van der Waals surface area contributed by atoms with Crippen molar-refractivity contribution in [3.05, 3.63) is 0 Å². The summed E-state index contributed by atoms with van der Waals surface area (Å²) in [5.74, 6) is 0.245. The lowest BCUT2D eigenvalue weighted by Gasteiger charge is -2.35. The van der Waals surface area contributed by atoms with Crippen LogP contribution in [0.25, 0.3) is 0 Å². The molecule has 0 radical (unpaired) electrons. The Kier molecular flexibility index (Phi) is 6.55. The van der Waals surface area contributed by atoms with Crippen molar-refractivity contribution < 1.29 is 8.42 Å². The van der Waals surface area contributed by atoms with Crippen molar-refractivity contribution in [1.82, 2.24) is 14.9 Å². The summed E-state index contributed by atoms with van der Waals surface area (Å²) in [6, 6.07) is 0.571. The minimum atomic E-state index is -3.10. The van der Waals surface area contributed by atoms with Crippen LogP contribution in [0.15, 0.2) is 0 Å². The van der Waals surface area contributed by atoms with E-state index >= 15 is 0 Å². The van der Waals surface area contributed by atoms with Gasteiger partial charge in [-0.3, -0.25) is 0 Å². The molecule has 1 rings (SSSR count). The van der Waals surface area contributed by atoms with Gasteiger partial charge in [-0.1, -0.05) is 0 Å². The standard InChI is InChI=1S/C12H27N3O2S/c1-11-10-12(6-8-15(11)3)14-18(16,17)9-5-4-7-13-2/h11-14H,4-10H2,1-3H3. The van der Waals surface area contributed by atoms with Gasteiger partial charge in [0, 0.05) is 12.1 Å². The first-order valence-electron chi connectivity index (χ1n) is 6.79. The van der Waals surface area contributed by atoms with Crippen LogP contribution >= 0.6 is 0 Å². The number of likely N-dealkylation sites (tertiary alicyclic amines) is 1. The monoisotopic (exact) mass is 277 g/mol. The quantitative estimate of drug-likeness (QED) is 0.661. The van der Waals surface area contributed by atoms with Gasteiger partial charge in [-0.25, -0.2) is 13.1 Å². The Morgan fingerprint density at radius 2 is 2.06 bits per heavy atom. The molecule has 2 N–H and O–H groups in total. The fourth-order valence-corrected chi connectivity index (χ4v) is 3.73. The first kappa shape index (κ1) is 15.9. The van der Waals surface area contributed by atoms with E-state index in [0.29, 0.717) is 6.04 Å². The fourth-order valence-electron chi connectivity index (χ4n) is 2.30. The van der Waals surface area contributed by atoms with Crippen LogP contribution in [-0.2, 0) is 10.0 Å². The molecule has 108 valence electrons. The fraction of sp³-hybridized carbons (Fsp3) is 1.00. The Morgan fingerprint density at radius 3 is 2.67 bits per heavy atom. The lowest BCUT2D eigenvalue weighted by Crippen LogP contribution is -2.47. The van der Waals surface area contributed by atoms with E-state index in [0.717, 1.165) is 38.8 Å². The molecule has 0 spiro atoms. The lowest BCUT2D eigenvalue weighted by atomic mass is 10.0. The van der Waals surface area contributed by atoms with Crippen LogP contribution in [0.1, 0.15) is 32.6 Å². The van der Waals surface area contributed by atoms with E-state index in [-0.39, 0.29) is 11.8 Å². The SMILES string of the molecule is CNCCCCS(=O)(=O)NC1CCN(C)C(C)C1. The van der Waals surface area contributed by atoms with Gasteiger partial charge in [-0.15, -0.1) is 0 Å². The Hall–Kier alpha value is -0.170. The van der Waals surface area contributed by atoms with E-state index in [1.165, 1.54) is 0 Å². The highest BCUT2D eigenvalue weighted by Gasteiger charge is 2.25. The third kappa shape index (κ3) is 5.65. The molecule has 0 amide bonds. The van der Waals surface area contributed by atoms with Crippen molar-refractivity contribution >= 4 is 10.0 Å². The van der Waals surface area contributed by atoms with Crippen LogP contribution < -0.4 is 10.0 Å². The van der Waals surface area contributed by atoms with Crippen LogP contribution in [0.4, 0.5) is 0 Å². The summed E-state index contributed by atoms with van der Waals surface area (Å²) in [4.78, 5) is 2.28. The molecule has 1 fully saturated rings. The molecule has 0 bridgehead atoms. The molecule has 0 aromatic carbocycles. The molecule has 5 nitrogen and oxygen atoms in total. The molecule has 2 unspecified atom stereocenters. The summed E-state index contributed by atoms with van der Waals surface area (Å²) in [5.41, 5.74) is 0. The molecule has 2 atom stereocenters. The predicted octanol–water partition coefficient (Wildman–Crippen LogP) is 0.388. The van der Waals surface area contributed by atoms with E-state index in [9.17, 15) is 8.42 Å². The molecule has 1 saturated heterocycles. The Balaban J connectivity index is 2.32. The number of piperidine rings is 1. The number of unbranched alkanes of at least 4 members (excludes halogenated alkanes) is 1. The van der Waals surface area contributed by atoms with E-state index in [1.807, 2.05) is 7.05 Å².